The van der Waals surface area contributed by atoms with Crippen LogP contribution in [0.3, 0.4) is 0 Å². The molecule has 0 saturated carbocycles. The molecule has 1 N–H and O–H groups in total. The molecule has 0 aliphatic rings. The predicted octanol–water partition coefficient (Wildman–Crippen LogP) is 4.46. The van der Waals surface area contributed by atoms with Crippen LogP contribution in [0.1, 0.15) is 52.4 Å². The lowest BCUT2D eigenvalue weighted by molar-refractivity contribution is 0.0650. The fourth-order valence-electron chi connectivity index (χ4n) is 3.03. The van der Waals surface area contributed by atoms with Gasteiger partial charge in [-0.05, 0) is 43.2 Å². The van der Waals surface area contributed by atoms with Gasteiger partial charge >= 0.3 is 0 Å². The van der Waals surface area contributed by atoms with Gasteiger partial charge in [-0.15, -0.1) is 0 Å². The van der Waals surface area contributed by atoms with Crippen molar-refractivity contribution in [2.45, 2.75) is 39.4 Å². The van der Waals surface area contributed by atoms with Crippen molar-refractivity contribution in [2.24, 2.45) is 0 Å². The highest BCUT2D eigenvalue weighted by atomic mass is 19.1. The Morgan fingerprint density at radius 1 is 1.03 bits per heavy atom. The minimum absolute atomic E-state index is 0.00969. The molecule has 0 bridgehead atoms. The average molecular weight is 445 g/mol. The van der Waals surface area contributed by atoms with Crippen LogP contribution in [0.25, 0.3) is 0 Å². The number of aromatic nitrogens is 1. The number of hydrogen-bond donors (Lipinski definition) is 1. The first-order chi connectivity index (χ1) is 15.3. The van der Waals surface area contributed by atoms with Crippen molar-refractivity contribution in [2.75, 3.05) is 0 Å². The normalized spacial score (nSPS) is 11.8. The Labute approximate surface area is 183 Å². The summed E-state index contributed by atoms with van der Waals surface area (Å²) in [6.07, 6.45) is 0.586. The Morgan fingerprint density at radius 2 is 1.69 bits per heavy atom. The maximum Gasteiger partial charge on any atom is 0.273 e. The van der Waals surface area contributed by atoms with Crippen LogP contribution in [0.2, 0.25) is 0 Å². The highest BCUT2D eigenvalue weighted by molar-refractivity contribution is 5.94. The van der Waals surface area contributed by atoms with E-state index >= 15 is 0 Å². The van der Waals surface area contributed by atoms with Crippen LogP contribution in [0.4, 0.5) is 13.2 Å². The number of nitrogens with zero attached hydrogens (tertiary/aromatic N) is 2. The zero-order valence-corrected chi connectivity index (χ0v) is 17.6. The van der Waals surface area contributed by atoms with Gasteiger partial charge in [0.15, 0.2) is 11.5 Å². The molecule has 32 heavy (non-hydrogen) atoms. The van der Waals surface area contributed by atoms with Gasteiger partial charge in [-0.25, -0.2) is 13.2 Å². The summed E-state index contributed by atoms with van der Waals surface area (Å²) in [5, 5.41) is 6.38. The molecular formula is C23H22F3N3O3. The van der Waals surface area contributed by atoms with Crippen LogP contribution in [-0.4, -0.2) is 27.9 Å². The maximum atomic E-state index is 13.6. The van der Waals surface area contributed by atoms with Crippen LogP contribution >= 0.6 is 0 Å². The molecule has 3 aromatic rings. The minimum atomic E-state index is -0.850. The number of nitrogens with one attached hydrogen (secondary N) is 1. The summed E-state index contributed by atoms with van der Waals surface area (Å²) in [4.78, 5) is 26.6. The monoisotopic (exact) mass is 445 g/mol. The van der Waals surface area contributed by atoms with Gasteiger partial charge < -0.3 is 14.7 Å². The van der Waals surface area contributed by atoms with Gasteiger partial charge in [0.1, 0.15) is 17.5 Å². The molecule has 0 radical (unpaired) electrons. The first-order valence-corrected chi connectivity index (χ1v) is 10.0. The van der Waals surface area contributed by atoms with Crippen molar-refractivity contribution in [3.05, 3.63) is 88.6 Å². The lowest BCUT2D eigenvalue weighted by Crippen LogP contribution is -2.37. The fraction of sp³-hybridized carbons (Fsp3) is 0.261. The number of benzene rings is 2. The molecule has 0 spiro atoms. The van der Waals surface area contributed by atoms with Gasteiger partial charge in [0, 0.05) is 30.3 Å². The van der Waals surface area contributed by atoms with Crippen molar-refractivity contribution in [1.82, 2.24) is 15.4 Å². The molecule has 9 heteroatoms. The van der Waals surface area contributed by atoms with E-state index in [9.17, 15) is 22.8 Å². The third kappa shape index (κ3) is 5.75. The summed E-state index contributed by atoms with van der Waals surface area (Å²) in [6, 6.07) is 9.44. The molecular weight excluding hydrogens is 423 g/mol. The maximum absolute atomic E-state index is 13.6. The highest BCUT2D eigenvalue weighted by Gasteiger charge is 2.24. The number of rotatable bonds is 8. The van der Waals surface area contributed by atoms with Gasteiger partial charge in [-0.3, -0.25) is 9.59 Å². The average Bonchev–Trinajstić information content (AvgIpc) is 3.24. The van der Waals surface area contributed by atoms with Gasteiger partial charge in [0.2, 0.25) is 0 Å². The van der Waals surface area contributed by atoms with E-state index in [4.69, 9.17) is 4.52 Å². The van der Waals surface area contributed by atoms with Crippen molar-refractivity contribution in [3.63, 3.8) is 0 Å². The van der Waals surface area contributed by atoms with Gasteiger partial charge in [-0.1, -0.05) is 24.2 Å². The van der Waals surface area contributed by atoms with E-state index < -0.39 is 23.4 Å². The topological polar surface area (TPSA) is 75.4 Å². The number of hydrogen-bond acceptors (Lipinski definition) is 4. The summed E-state index contributed by atoms with van der Waals surface area (Å²) in [5.41, 5.74) is 0.592. The number of carbonyl (C=O) groups is 2. The molecule has 0 aliphatic heterocycles. The standard InChI is InChI=1S/C23H22F3N3O3/c1-3-14(2)29(23(31)16-8-18(25)10-19(26)9-16)13-20-11-21(28-32-20)22(30)27-12-15-4-6-17(24)7-5-15/h4-11,14H,3,12-13H2,1-2H3,(H,27,30). The van der Waals surface area contributed by atoms with Crippen molar-refractivity contribution < 1.29 is 27.3 Å². The predicted molar refractivity (Wildman–Crippen MR) is 110 cm³/mol. The molecule has 6 nitrogen and oxygen atoms in total. The molecule has 1 unspecified atom stereocenters. The SMILES string of the molecule is CCC(C)N(Cc1cc(C(=O)NCc2ccc(F)cc2)no1)C(=O)c1cc(F)cc(F)c1. The first kappa shape index (κ1) is 23.1. The van der Waals surface area contributed by atoms with E-state index in [1.54, 1.807) is 19.1 Å². The Hall–Kier alpha value is -3.62. The van der Waals surface area contributed by atoms with E-state index in [1.807, 2.05) is 6.92 Å². The second-order valence-corrected chi connectivity index (χ2v) is 7.34. The summed E-state index contributed by atoms with van der Waals surface area (Å²) in [6.45, 7) is 3.79. The largest absolute Gasteiger partial charge is 0.359 e. The Bertz CT molecular complexity index is 1080. The molecule has 1 heterocycles. The molecule has 0 fully saturated rings. The lowest BCUT2D eigenvalue weighted by Gasteiger charge is -2.27. The smallest absolute Gasteiger partial charge is 0.273 e. The van der Waals surface area contributed by atoms with Crippen LogP contribution in [0.15, 0.2) is 53.1 Å². The first-order valence-electron chi connectivity index (χ1n) is 10.0. The summed E-state index contributed by atoms with van der Waals surface area (Å²) in [7, 11) is 0. The zero-order chi connectivity index (χ0) is 23.3. The molecule has 1 aromatic heterocycles. The van der Waals surface area contributed by atoms with Gasteiger partial charge in [0.25, 0.3) is 11.8 Å². The van der Waals surface area contributed by atoms with E-state index in [0.717, 1.165) is 12.1 Å². The Balaban J connectivity index is 1.70. The summed E-state index contributed by atoms with van der Waals surface area (Å²) >= 11 is 0. The van der Waals surface area contributed by atoms with Crippen LogP contribution in [0, 0.1) is 17.5 Å². The van der Waals surface area contributed by atoms with Crippen molar-refractivity contribution in [3.8, 4) is 0 Å². The third-order valence-electron chi connectivity index (χ3n) is 4.98. The van der Waals surface area contributed by atoms with E-state index in [1.165, 1.54) is 23.1 Å². The number of carbonyl (C=O) groups excluding carboxylic acids is 2. The quantitative estimate of drug-likeness (QED) is 0.556. The molecule has 2 aromatic carbocycles. The van der Waals surface area contributed by atoms with Crippen LogP contribution < -0.4 is 5.32 Å². The second kappa shape index (κ2) is 10.1. The molecule has 2 amide bonds. The van der Waals surface area contributed by atoms with Crippen molar-refractivity contribution in [1.29, 1.82) is 0 Å². The molecule has 3 rings (SSSR count). The minimum Gasteiger partial charge on any atom is -0.359 e. The molecule has 0 aliphatic carbocycles. The van der Waals surface area contributed by atoms with E-state index in [0.29, 0.717) is 18.1 Å². The van der Waals surface area contributed by atoms with Crippen LogP contribution in [0.5, 0.6) is 0 Å². The van der Waals surface area contributed by atoms with Crippen LogP contribution in [-0.2, 0) is 13.1 Å². The van der Waals surface area contributed by atoms with Gasteiger partial charge in [0.05, 0.1) is 6.54 Å². The third-order valence-corrected chi connectivity index (χ3v) is 4.98. The fourth-order valence-corrected chi connectivity index (χ4v) is 3.03. The van der Waals surface area contributed by atoms with E-state index in [-0.39, 0.29) is 42.0 Å². The number of amides is 2. The zero-order valence-electron chi connectivity index (χ0n) is 17.6. The summed E-state index contributed by atoms with van der Waals surface area (Å²) in [5.74, 6) is -2.91. The van der Waals surface area contributed by atoms with Crippen molar-refractivity contribution >= 4 is 11.8 Å². The Kier molecular flexibility index (Phi) is 7.29. The molecule has 168 valence electrons. The summed E-state index contributed by atoms with van der Waals surface area (Å²) < 4.78 is 45.3. The molecule has 0 saturated heterocycles. The van der Waals surface area contributed by atoms with Gasteiger partial charge in [-0.2, -0.15) is 0 Å². The highest BCUT2D eigenvalue weighted by Crippen LogP contribution is 2.18. The van der Waals surface area contributed by atoms with E-state index in [2.05, 4.69) is 10.5 Å². The second-order valence-electron chi connectivity index (χ2n) is 7.34. The molecule has 1 atom stereocenters. The lowest BCUT2D eigenvalue weighted by atomic mass is 10.1. The Morgan fingerprint density at radius 3 is 2.31 bits per heavy atom. The number of halogens is 3.